The van der Waals surface area contributed by atoms with E-state index in [0.717, 1.165) is 23.3 Å². The maximum atomic E-state index is 13.1. The van der Waals surface area contributed by atoms with Gasteiger partial charge in [0.05, 0.1) is 0 Å². The predicted molar refractivity (Wildman–Crippen MR) is 74.6 cm³/mol. The summed E-state index contributed by atoms with van der Waals surface area (Å²) in [5.41, 5.74) is 8.59. The number of carbonyl (C=O) groups is 1. The molecule has 5 heteroatoms. The molecule has 2 aromatic carbocycles. The summed E-state index contributed by atoms with van der Waals surface area (Å²) >= 11 is 0. The van der Waals surface area contributed by atoms with E-state index in [1.807, 2.05) is 13.8 Å². The van der Waals surface area contributed by atoms with Gasteiger partial charge in [0.25, 0.3) is 5.91 Å². The van der Waals surface area contributed by atoms with Gasteiger partial charge >= 0.3 is 0 Å². The number of hydrogen-bond acceptors (Lipinski definition) is 2. The molecule has 0 heterocycles. The summed E-state index contributed by atoms with van der Waals surface area (Å²) in [7, 11) is 0. The van der Waals surface area contributed by atoms with Gasteiger partial charge in [-0.2, -0.15) is 0 Å². The zero-order valence-corrected chi connectivity index (χ0v) is 11.1. The summed E-state index contributed by atoms with van der Waals surface area (Å²) in [6, 6.07) is 6.48. The van der Waals surface area contributed by atoms with Gasteiger partial charge in [0, 0.05) is 16.9 Å². The molecule has 0 atom stereocenters. The normalized spacial score (nSPS) is 10.4. The van der Waals surface area contributed by atoms with Gasteiger partial charge in [-0.25, -0.2) is 8.78 Å². The molecule has 20 heavy (non-hydrogen) atoms. The zero-order chi connectivity index (χ0) is 14.9. The Kier molecular flexibility index (Phi) is 3.70. The standard InChI is InChI=1S/C15H14F2N2O/c1-8-5-11(18)6-9(2)14(8)19-15(20)10-3-4-12(16)13(17)7-10/h3-7H,18H2,1-2H3,(H,19,20). The molecule has 2 aromatic rings. The summed E-state index contributed by atoms with van der Waals surface area (Å²) in [6.45, 7) is 3.62. The van der Waals surface area contributed by atoms with Gasteiger partial charge in [0.15, 0.2) is 11.6 Å². The van der Waals surface area contributed by atoms with Crippen LogP contribution in [0.3, 0.4) is 0 Å². The van der Waals surface area contributed by atoms with Crippen molar-refractivity contribution in [2.75, 3.05) is 11.1 Å². The fraction of sp³-hybridized carbons (Fsp3) is 0.133. The predicted octanol–water partition coefficient (Wildman–Crippen LogP) is 3.42. The van der Waals surface area contributed by atoms with Crippen LogP contribution >= 0.6 is 0 Å². The lowest BCUT2D eigenvalue weighted by molar-refractivity contribution is 0.102. The van der Waals surface area contributed by atoms with Crippen molar-refractivity contribution in [3.05, 3.63) is 58.7 Å². The van der Waals surface area contributed by atoms with Gasteiger partial charge in [-0.05, 0) is 55.3 Å². The average molecular weight is 276 g/mol. The molecule has 0 saturated carbocycles. The number of carbonyl (C=O) groups excluding carboxylic acids is 1. The highest BCUT2D eigenvalue weighted by molar-refractivity contribution is 6.05. The fourth-order valence-electron chi connectivity index (χ4n) is 2.02. The second-order valence-corrected chi connectivity index (χ2v) is 4.61. The Bertz CT molecular complexity index is 661. The van der Waals surface area contributed by atoms with E-state index >= 15 is 0 Å². The van der Waals surface area contributed by atoms with Crippen LogP contribution in [0, 0.1) is 25.5 Å². The third kappa shape index (κ3) is 2.77. The summed E-state index contributed by atoms with van der Waals surface area (Å²) < 4.78 is 26.0. The van der Waals surface area contributed by atoms with E-state index in [9.17, 15) is 13.6 Å². The first kappa shape index (κ1) is 14.0. The number of nitrogens with two attached hydrogens (primary N) is 1. The Hall–Kier alpha value is -2.43. The van der Waals surface area contributed by atoms with Crippen molar-refractivity contribution >= 4 is 17.3 Å². The topological polar surface area (TPSA) is 55.1 Å². The minimum Gasteiger partial charge on any atom is -0.399 e. The molecule has 3 N–H and O–H groups in total. The Morgan fingerprint density at radius 3 is 2.20 bits per heavy atom. The highest BCUT2D eigenvalue weighted by Crippen LogP contribution is 2.24. The smallest absolute Gasteiger partial charge is 0.255 e. The Morgan fingerprint density at radius 2 is 1.65 bits per heavy atom. The third-order valence-corrected chi connectivity index (χ3v) is 2.98. The van der Waals surface area contributed by atoms with E-state index in [0.29, 0.717) is 11.4 Å². The number of rotatable bonds is 2. The van der Waals surface area contributed by atoms with Gasteiger partial charge in [-0.15, -0.1) is 0 Å². The van der Waals surface area contributed by atoms with Crippen LogP contribution in [0.5, 0.6) is 0 Å². The summed E-state index contributed by atoms with van der Waals surface area (Å²) in [4.78, 5) is 12.0. The largest absolute Gasteiger partial charge is 0.399 e. The Labute approximate surface area is 115 Å². The first-order valence-corrected chi connectivity index (χ1v) is 6.01. The maximum absolute atomic E-state index is 13.1. The average Bonchev–Trinajstić information content (AvgIpc) is 2.36. The quantitative estimate of drug-likeness (QED) is 0.826. The highest BCUT2D eigenvalue weighted by atomic mass is 19.2. The number of benzene rings is 2. The molecule has 104 valence electrons. The Morgan fingerprint density at radius 1 is 1.05 bits per heavy atom. The van der Waals surface area contributed by atoms with Gasteiger partial charge in [0.1, 0.15) is 0 Å². The molecule has 2 rings (SSSR count). The van der Waals surface area contributed by atoms with Gasteiger partial charge in [0.2, 0.25) is 0 Å². The maximum Gasteiger partial charge on any atom is 0.255 e. The van der Waals surface area contributed by atoms with Crippen molar-refractivity contribution in [1.29, 1.82) is 0 Å². The number of amides is 1. The van der Waals surface area contributed by atoms with Crippen molar-refractivity contribution in [3.8, 4) is 0 Å². The summed E-state index contributed by atoms with van der Waals surface area (Å²) in [5, 5.41) is 2.69. The number of halogens is 2. The molecule has 3 nitrogen and oxygen atoms in total. The molecule has 0 bridgehead atoms. The number of nitrogen functional groups attached to an aromatic ring is 1. The van der Waals surface area contributed by atoms with E-state index < -0.39 is 17.5 Å². The van der Waals surface area contributed by atoms with Crippen LogP contribution in [0.1, 0.15) is 21.5 Å². The molecular weight excluding hydrogens is 262 g/mol. The molecule has 0 saturated heterocycles. The summed E-state index contributed by atoms with van der Waals surface area (Å²) in [5.74, 6) is -2.54. The highest BCUT2D eigenvalue weighted by Gasteiger charge is 2.12. The lowest BCUT2D eigenvalue weighted by Crippen LogP contribution is -2.14. The van der Waals surface area contributed by atoms with Crippen LogP contribution in [-0.2, 0) is 0 Å². The molecule has 0 aromatic heterocycles. The Balaban J connectivity index is 2.30. The number of nitrogens with one attached hydrogen (secondary N) is 1. The first-order valence-electron chi connectivity index (χ1n) is 6.01. The molecular formula is C15H14F2N2O. The molecule has 0 aliphatic rings. The van der Waals surface area contributed by atoms with Gasteiger partial charge in [-0.1, -0.05) is 0 Å². The second-order valence-electron chi connectivity index (χ2n) is 4.61. The number of hydrogen-bond donors (Lipinski definition) is 2. The number of aryl methyl sites for hydroxylation is 2. The van der Waals surface area contributed by atoms with Crippen molar-refractivity contribution in [2.45, 2.75) is 13.8 Å². The van der Waals surface area contributed by atoms with Crippen molar-refractivity contribution in [2.24, 2.45) is 0 Å². The zero-order valence-electron chi connectivity index (χ0n) is 11.1. The van der Waals surface area contributed by atoms with E-state index in [2.05, 4.69) is 5.32 Å². The fourth-order valence-corrected chi connectivity index (χ4v) is 2.02. The molecule has 0 radical (unpaired) electrons. The SMILES string of the molecule is Cc1cc(N)cc(C)c1NC(=O)c1ccc(F)c(F)c1. The van der Waals surface area contributed by atoms with E-state index in [1.165, 1.54) is 6.07 Å². The molecule has 0 fully saturated rings. The monoisotopic (exact) mass is 276 g/mol. The van der Waals surface area contributed by atoms with Crippen LogP contribution < -0.4 is 11.1 Å². The lowest BCUT2D eigenvalue weighted by Gasteiger charge is -2.12. The van der Waals surface area contributed by atoms with Crippen LogP contribution in [0.15, 0.2) is 30.3 Å². The minimum absolute atomic E-state index is 0.0551. The van der Waals surface area contributed by atoms with Crippen LogP contribution in [-0.4, -0.2) is 5.91 Å². The molecule has 1 amide bonds. The van der Waals surface area contributed by atoms with Crippen LogP contribution in [0.4, 0.5) is 20.2 Å². The van der Waals surface area contributed by atoms with Crippen LogP contribution in [0.2, 0.25) is 0 Å². The first-order chi connectivity index (χ1) is 9.38. The van der Waals surface area contributed by atoms with Crippen molar-refractivity contribution < 1.29 is 13.6 Å². The van der Waals surface area contributed by atoms with Crippen molar-refractivity contribution in [1.82, 2.24) is 0 Å². The molecule has 0 spiro atoms. The number of anilines is 2. The molecule has 0 aliphatic carbocycles. The lowest BCUT2D eigenvalue weighted by atomic mass is 10.1. The molecule has 0 aliphatic heterocycles. The third-order valence-electron chi connectivity index (χ3n) is 2.98. The van der Waals surface area contributed by atoms with E-state index in [1.54, 1.807) is 12.1 Å². The minimum atomic E-state index is -1.05. The summed E-state index contributed by atoms with van der Waals surface area (Å²) in [6.07, 6.45) is 0. The van der Waals surface area contributed by atoms with Gasteiger partial charge < -0.3 is 11.1 Å². The van der Waals surface area contributed by atoms with Gasteiger partial charge in [-0.3, -0.25) is 4.79 Å². The second kappa shape index (κ2) is 5.28. The van der Waals surface area contributed by atoms with Crippen LogP contribution in [0.25, 0.3) is 0 Å². The van der Waals surface area contributed by atoms with Crippen molar-refractivity contribution in [3.63, 3.8) is 0 Å². The van der Waals surface area contributed by atoms with E-state index in [4.69, 9.17) is 5.73 Å². The molecule has 0 unspecified atom stereocenters. The van der Waals surface area contributed by atoms with E-state index in [-0.39, 0.29) is 5.56 Å².